The highest BCUT2D eigenvalue weighted by Crippen LogP contribution is 2.27. The van der Waals surface area contributed by atoms with Gasteiger partial charge in [-0.15, -0.1) is 10.2 Å². The van der Waals surface area contributed by atoms with E-state index >= 15 is 0 Å². The molecule has 3 aromatic rings. The molecule has 3 N–H and O–H groups in total. The lowest BCUT2D eigenvalue weighted by molar-refractivity contribution is -0.115. The maximum absolute atomic E-state index is 12.5. The van der Waals surface area contributed by atoms with Crippen molar-refractivity contribution < 1.29 is 9.53 Å². The van der Waals surface area contributed by atoms with Crippen molar-refractivity contribution in [3.8, 4) is 5.75 Å². The Morgan fingerprint density at radius 3 is 2.92 bits per heavy atom. The minimum Gasteiger partial charge on any atom is -0.492 e. The Balaban J connectivity index is 1.73. The van der Waals surface area contributed by atoms with Crippen LogP contribution in [0.25, 0.3) is 5.65 Å². The van der Waals surface area contributed by atoms with Gasteiger partial charge in [0.1, 0.15) is 5.75 Å². The molecule has 0 aliphatic rings. The Morgan fingerprint density at radius 1 is 1.32 bits per heavy atom. The van der Waals surface area contributed by atoms with Crippen molar-refractivity contribution in [2.75, 3.05) is 17.7 Å². The summed E-state index contributed by atoms with van der Waals surface area (Å²) in [5, 5.41) is 11.4. The SMILES string of the molecule is CCOc1ccccc1NC(=O)C(C)Sc1nnc2ccc(N)cn12. The molecule has 1 unspecified atom stereocenters. The summed E-state index contributed by atoms with van der Waals surface area (Å²) in [5.41, 5.74) is 7.76. The molecule has 130 valence electrons. The van der Waals surface area contributed by atoms with Gasteiger partial charge in [0.15, 0.2) is 10.8 Å². The van der Waals surface area contributed by atoms with E-state index in [0.717, 1.165) is 0 Å². The maximum atomic E-state index is 12.5. The predicted octanol–water partition coefficient (Wildman–Crippen LogP) is 2.83. The number of para-hydroxylation sites is 2. The Hall–Kier alpha value is -2.74. The first kappa shape index (κ1) is 17.1. The molecule has 1 aromatic carbocycles. The Labute approximate surface area is 149 Å². The summed E-state index contributed by atoms with van der Waals surface area (Å²) in [5.74, 6) is 0.508. The molecule has 0 bridgehead atoms. The second-order valence-corrected chi connectivity index (χ2v) is 6.66. The number of nitrogen functional groups attached to an aromatic ring is 1. The molecule has 0 aliphatic heterocycles. The number of ether oxygens (including phenoxy) is 1. The molecular formula is C17H19N5O2S. The van der Waals surface area contributed by atoms with E-state index in [1.807, 2.05) is 38.1 Å². The van der Waals surface area contributed by atoms with Crippen LogP contribution in [0.4, 0.5) is 11.4 Å². The van der Waals surface area contributed by atoms with Gasteiger partial charge < -0.3 is 15.8 Å². The Kier molecular flexibility index (Phi) is 5.08. The maximum Gasteiger partial charge on any atom is 0.237 e. The number of pyridine rings is 1. The van der Waals surface area contributed by atoms with Crippen molar-refractivity contribution in [1.82, 2.24) is 14.6 Å². The van der Waals surface area contributed by atoms with Gasteiger partial charge in [-0.1, -0.05) is 23.9 Å². The molecule has 25 heavy (non-hydrogen) atoms. The molecule has 1 amide bonds. The van der Waals surface area contributed by atoms with Gasteiger partial charge in [-0.3, -0.25) is 9.20 Å². The number of hydrogen-bond acceptors (Lipinski definition) is 6. The average molecular weight is 357 g/mol. The van der Waals surface area contributed by atoms with Crippen LogP contribution >= 0.6 is 11.8 Å². The van der Waals surface area contributed by atoms with E-state index in [-0.39, 0.29) is 11.2 Å². The summed E-state index contributed by atoms with van der Waals surface area (Å²) in [6, 6.07) is 10.9. The third-order valence-corrected chi connectivity index (χ3v) is 4.55. The number of amides is 1. The van der Waals surface area contributed by atoms with Crippen LogP contribution in [0.15, 0.2) is 47.8 Å². The third-order valence-electron chi connectivity index (χ3n) is 3.49. The number of carbonyl (C=O) groups is 1. The quantitative estimate of drug-likeness (QED) is 0.659. The number of nitrogens with one attached hydrogen (secondary N) is 1. The van der Waals surface area contributed by atoms with Gasteiger partial charge in [0.2, 0.25) is 5.91 Å². The highest BCUT2D eigenvalue weighted by molar-refractivity contribution is 8.00. The number of hydrogen-bond donors (Lipinski definition) is 2. The standard InChI is InChI=1S/C17H19N5O2S/c1-3-24-14-7-5-4-6-13(14)19-16(23)11(2)25-17-21-20-15-9-8-12(18)10-22(15)17/h4-11H,3,18H2,1-2H3,(H,19,23). The fraction of sp³-hybridized carbons (Fsp3) is 0.235. The summed E-state index contributed by atoms with van der Waals surface area (Å²) in [6.07, 6.45) is 1.74. The molecule has 2 aromatic heterocycles. The van der Waals surface area contributed by atoms with E-state index in [1.165, 1.54) is 11.8 Å². The highest BCUT2D eigenvalue weighted by Gasteiger charge is 2.19. The van der Waals surface area contributed by atoms with E-state index in [4.69, 9.17) is 10.5 Å². The van der Waals surface area contributed by atoms with Gasteiger partial charge in [0.25, 0.3) is 0 Å². The van der Waals surface area contributed by atoms with Crippen LogP contribution in [-0.4, -0.2) is 32.4 Å². The molecule has 0 spiro atoms. The summed E-state index contributed by atoms with van der Waals surface area (Å²) in [7, 11) is 0. The fourth-order valence-electron chi connectivity index (χ4n) is 2.26. The van der Waals surface area contributed by atoms with Crippen LogP contribution < -0.4 is 15.8 Å². The molecular weight excluding hydrogens is 338 g/mol. The van der Waals surface area contributed by atoms with Crippen LogP contribution in [0.2, 0.25) is 0 Å². The minimum absolute atomic E-state index is 0.141. The molecule has 3 rings (SSSR count). The van der Waals surface area contributed by atoms with E-state index in [1.54, 1.807) is 22.7 Å². The summed E-state index contributed by atoms with van der Waals surface area (Å²) >= 11 is 1.32. The van der Waals surface area contributed by atoms with Crippen molar-refractivity contribution in [3.63, 3.8) is 0 Å². The lowest BCUT2D eigenvalue weighted by Gasteiger charge is -2.14. The van der Waals surface area contributed by atoms with Gasteiger partial charge in [-0.25, -0.2) is 0 Å². The number of fused-ring (bicyclic) bond motifs is 1. The summed E-state index contributed by atoms with van der Waals surface area (Å²) in [4.78, 5) is 12.5. The van der Waals surface area contributed by atoms with Gasteiger partial charge in [-0.2, -0.15) is 0 Å². The zero-order chi connectivity index (χ0) is 17.8. The highest BCUT2D eigenvalue weighted by atomic mass is 32.2. The molecule has 0 saturated carbocycles. The molecule has 7 nitrogen and oxygen atoms in total. The average Bonchev–Trinajstić information content (AvgIpc) is 2.99. The van der Waals surface area contributed by atoms with Crippen molar-refractivity contribution >= 4 is 34.7 Å². The molecule has 0 fully saturated rings. The first-order valence-electron chi connectivity index (χ1n) is 7.88. The second-order valence-electron chi connectivity index (χ2n) is 5.35. The number of nitrogens with two attached hydrogens (primary N) is 1. The Morgan fingerprint density at radius 2 is 2.12 bits per heavy atom. The number of benzene rings is 1. The lowest BCUT2D eigenvalue weighted by atomic mass is 10.3. The molecule has 0 saturated heterocycles. The monoisotopic (exact) mass is 357 g/mol. The third kappa shape index (κ3) is 3.85. The largest absolute Gasteiger partial charge is 0.492 e. The normalized spacial score (nSPS) is 12.1. The summed E-state index contributed by atoms with van der Waals surface area (Å²) < 4.78 is 7.31. The molecule has 8 heteroatoms. The first-order chi connectivity index (χ1) is 12.1. The van der Waals surface area contributed by atoms with Crippen molar-refractivity contribution in [2.24, 2.45) is 0 Å². The van der Waals surface area contributed by atoms with Gasteiger partial charge in [0, 0.05) is 11.9 Å². The minimum atomic E-state index is -0.372. The van der Waals surface area contributed by atoms with Crippen molar-refractivity contribution in [2.45, 2.75) is 24.3 Å². The van der Waals surface area contributed by atoms with Crippen LogP contribution in [0, 0.1) is 0 Å². The van der Waals surface area contributed by atoms with E-state index < -0.39 is 0 Å². The zero-order valence-corrected chi connectivity index (χ0v) is 14.8. The number of carbonyl (C=O) groups excluding carboxylic acids is 1. The predicted molar refractivity (Wildman–Crippen MR) is 99.0 cm³/mol. The van der Waals surface area contributed by atoms with Crippen LogP contribution in [0.1, 0.15) is 13.8 Å². The number of thioether (sulfide) groups is 1. The Bertz CT molecular complexity index is 896. The molecule has 0 aliphatic carbocycles. The van der Waals surface area contributed by atoms with Gasteiger partial charge in [-0.05, 0) is 38.1 Å². The summed E-state index contributed by atoms with van der Waals surface area (Å²) in [6.45, 7) is 4.25. The van der Waals surface area contributed by atoms with Gasteiger partial charge >= 0.3 is 0 Å². The van der Waals surface area contributed by atoms with Gasteiger partial charge in [0.05, 0.1) is 17.5 Å². The first-order valence-corrected chi connectivity index (χ1v) is 8.76. The zero-order valence-electron chi connectivity index (χ0n) is 14.0. The number of rotatable bonds is 6. The molecule has 2 heterocycles. The van der Waals surface area contributed by atoms with Crippen molar-refractivity contribution in [1.29, 1.82) is 0 Å². The van der Waals surface area contributed by atoms with E-state index in [9.17, 15) is 4.79 Å². The number of anilines is 2. The van der Waals surface area contributed by atoms with E-state index in [0.29, 0.717) is 34.5 Å². The number of aromatic nitrogens is 3. The number of nitrogens with zero attached hydrogens (tertiary/aromatic N) is 3. The lowest BCUT2D eigenvalue weighted by Crippen LogP contribution is -2.23. The van der Waals surface area contributed by atoms with Crippen LogP contribution in [0.5, 0.6) is 5.75 Å². The smallest absolute Gasteiger partial charge is 0.237 e. The van der Waals surface area contributed by atoms with Crippen molar-refractivity contribution in [3.05, 3.63) is 42.6 Å². The van der Waals surface area contributed by atoms with E-state index in [2.05, 4.69) is 15.5 Å². The molecule has 1 atom stereocenters. The van der Waals surface area contributed by atoms with Crippen LogP contribution in [-0.2, 0) is 4.79 Å². The fourth-order valence-corrected chi connectivity index (χ4v) is 3.09. The molecule has 0 radical (unpaired) electrons. The van der Waals surface area contributed by atoms with Crippen LogP contribution in [0.3, 0.4) is 0 Å². The second kappa shape index (κ2) is 7.43. The topological polar surface area (TPSA) is 94.5 Å².